The lowest BCUT2D eigenvalue weighted by atomic mass is 10.1. The number of hydrogen-bond acceptors (Lipinski definition) is 6. The number of benzene rings is 1. The Balaban J connectivity index is 2.61. The van der Waals surface area contributed by atoms with Crippen LogP contribution in [0.15, 0.2) is 18.2 Å². The molecule has 0 fully saturated rings. The fraction of sp³-hybridized carbons (Fsp3) is 0.357. The summed E-state index contributed by atoms with van der Waals surface area (Å²) in [5.41, 5.74) is 0.346. The molecule has 1 aromatic carbocycles. The quantitative estimate of drug-likeness (QED) is 0.466. The van der Waals surface area contributed by atoms with Crippen LogP contribution in [0.5, 0.6) is 0 Å². The van der Waals surface area contributed by atoms with Gasteiger partial charge in [-0.05, 0) is 19.4 Å². The zero-order valence-corrected chi connectivity index (χ0v) is 12.3. The molecule has 0 atom stereocenters. The number of amides is 1. The number of nitro benzene ring substituents is 1. The van der Waals surface area contributed by atoms with Crippen molar-refractivity contribution in [2.24, 2.45) is 0 Å². The number of para-hydroxylation sites is 1. The average molecular weight is 308 g/mol. The van der Waals surface area contributed by atoms with Crippen LogP contribution in [0.2, 0.25) is 0 Å². The standard InChI is InChI=1S/C14H16N2O6/c1-9-4-3-5-11(16(20)21)14(9)15-12(18)8-22-13(19)7-6-10(2)17/h3-5H,6-8H2,1-2H3,(H,15,18). The number of nitrogens with zero attached hydrogens (tertiary/aromatic N) is 1. The van der Waals surface area contributed by atoms with Crippen LogP contribution in [0.1, 0.15) is 25.3 Å². The van der Waals surface area contributed by atoms with Crippen LogP contribution in [0.3, 0.4) is 0 Å². The minimum absolute atomic E-state index is 0.0454. The van der Waals surface area contributed by atoms with E-state index in [2.05, 4.69) is 5.32 Å². The Morgan fingerprint density at radius 2 is 1.95 bits per heavy atom. The molecule has 1 aromatic rings. The second-order valence-corrected chi connectivity index (χ2v) is 4.64. The van der Waals surface area contributed by atoms with Crippen LogP contribution < -0.4 is 5.32 Å². The van der Waals surface area contributed by atoms with Crippen molar-refractivity contribution >= 4 is 29.0 Å². The van der Waals surface area contributed by atoms with E-state index in [4.69, 9.17) is 4.74 Å². The van der Waals surface area contributed by atoms with Gasteiger partial charge in [-0.15, -0.1) is 0 Å². The number of hydrogen-bond donors (Lipinski definition) is 1. The van der Waals surface area contributed by atoms with Crippen molar-refractivity contribution in [1.29, 1.82) is 0 Å². The largest absolute Gasteiger partial charge is 0.456 e. The van der Waals surface area contributed by atoms with E-state index in [1.807, 2.05) is 0 Å². The van der Waals surface area contributed by atoms with E-state index in [-0.39, 0.29) is 30.0 Å². The Labute approximate surface area is 126 Å². The highest BCUT2D eigenvalue weighted by molar-refractivity contribution is 5.95. The monoisotopic (exact) mass is 308 g/mol. The minimum Gasteiger partial charge on any atom is -0.456 e. The number of nitrogens with one attached hydrogen (secondary N) is 1. The van der Waals surface area contributed by atoms with Crippen LogP contribution >= 0.6 is 0 Å². The average Bonchev–Trinajstić information content (AvgIpc) is 2.44. The summed E-state index contributed by atoms with van der Waals surface area (Å²) in [7, 11) is 0. The van der Waals surface area contributed by atoms with Crippen LogP contribution in [-0.4, -0.2) is 29.2 Å². The molecule has 0 saturated carbocycles. The first kappa shape index (κ1) is 17.3. The Morgan fingerprint density at radius 3 is 2.55 bits per heavy atom. The van der Waals surface area contributed by atoms with Gasteiger partial charge in [0.25, 0.3) is 11.6 Å². The zero-order valence-electron chi connectivity index (χ0n) is 12.3. The molecule has 1 amide bonds. The third kappa shape index (κ3) is 5.31. The number of anilines is 1. The molecule has 1 N–H and O–H groups in total. The molecule has 0 heterocycles. The lowest BCUT2D eigenvalue weighted by molar-refractivity contribution is -0.384. The van der Waals surface area contributed by atoms with Crippen LogP contribution in [-0.2, 0) is 19.1 Å². The number of ketones is 1. The molecule has 0 aliphatic heterocycles. The highest BCUT2D eigenvalue weighted by Crippen LogP contribution is 2.27. The fourth-order valence-electron chi connectivity index (χ4n) is 1.64. The smallest absolute Gasteiger partial charge is 0.306 e. The number of aryl methyl sites for hydroxylation is 1. The van der Waals surface area contributed by atoms with Crippen molar-refractivity contribution in [3.05, 3.63) is 33.9 Å². The van der Waals surface area contributed by atoms with Gasteiger partial charge in [0.05, 0.1) is 11.3 Å². The lowest BCUT2D eigenvalue weighted by Crippen LogP contribution is -2.22. The maximum atomic E-state index is 11.7. The van der Waals surface area contributed by atoms with Crippen molar-refractivity contribution in [3.8, 4) is 0 Å². The normalized spacial score (nSPS) is 9.91. The third-order valence-electron chi connectivity index (χ3n) is 2.76. The second-order valence-electron chi connectivity index (χ2n) is 4.64. The number of esters is 1. The first-order valence-electron chi connectivity index (χ1n) is 6.50. The number of carbonyl (C=O) groups is 3. The molecule has 8 nitrogen and oxygen atoms in total. The van der Waals surface area contributed by atoms with Gasteiger partial charge in [-0.3, -0.25) is 19.7 Å². The Morgan fingerprint density at radius 1 is 1.27 bits per heavy atom. The van der Waals surface area contributed by atoms with Gasteiger partial charge in [-0.2, -0.15) is 0 Å². The summed E-state index contributed by atoms with van der Waals surface area (Å²) in [6.45, 7) is 2.39. The van der Waals surface area contributed by atoms with Gasteiger partial charge >= 0.3 is 5.97 Å². The maximum absolute atomic E-state index is 11.7. The van der Waals surface area contributed by atoms with E-state index < -0.39 is 23.4 Å². The summed E-state index contributed by atoms with van der Waals surface area (Å²) in [4.78, 5) is 44.0. The van der Waals surface area contributed by atoms with Gasteiger partial charge in [0, 0.05) is 12.5 Å². The Bertz CT molecular complexity index is 611. The first-order chi connectivity index (χ1) is 10.3. The molecule has 0 unspecified atom stereocenters. The van der Waals surface area contributed by atoms with E-state index in [1.165, 1.54) is 19.1 Å². The summed E-state index contributed by atoms with van der Waals surface area (Å²) in [6, 6.07) is 4.38. The molecule has 0 bridgehead atoms. The summed E-state index contributed by atoms with van der Waals surface area (Å²) >= 11 is 0. The highest BCUT2D eigenvalue weighted by Gasteiger charge is 2.18. The van der Waals surface area contributed by atoms with E-state index in [9.17, 15) is 24.5 Å². The topological polar surface area (TPSA) is 116 Å². The molecule has 0 aliphatic rings. The van der Waals surface area contributed by atoms with Gasteiger partial charge in [0.1, 0.15) is 11.5 Å². The molecule has 0 radical (unpaired) electrons. The molecule has 118 valence electrons. The van der Waals surface area contributed by atoms with Crippen LogP contribution in [0.4, 0.5) is 11.4 Å². The molecule has 1 rings (SSSR count). The lowest BCUT2D eigenvalue weighted by Gasteiger charge is -2.09. The third-order valence-corrected chi connectivity index (χ3v) is 2.76. The fourth-order valence-corrected chi connectivity index (χ4v) is 1.64. The number of carbonyl (C=O) groups excluding carboxylic acids is 3. The maximum Gasteiger partial charge on any atom is 0.306 e. The van der Waals surface area contributed by atoms with Crippen molar-refractivity contribution in [2.75, 3.05) is 11.9 Å². The van der Waals surface area contributed by atoms with Crippen LogP contribution in [0.25, 0.3) is 0 Å². The highest BCUT2D eigenvalue weighted by atomic mass is 16.6. The summed E-state index contributed by atoms with van der Waals surface area (Å²) in [5.74, 6) is -1.52. The van der Waals surface area contributed by atoms with E-state index in [1.54, 1.807) is 13.0 Å². The van der Waals surface area contributed by atoms with E-state index in [0.717, 1.165) is 0 Å². The Kier molecular flexibility index (Phi) is 6.18. The predicted molar refractivity (Wildman–Crippen MR) is 77.3 cm³/mol. The number of Topliss-reactive ketones (excluding diaryl/α,β-unsaturated/α-hetero) is 1. The van der Waals surface area contributed by atoms with Gasteiger partial charge in [-0.25, -0.2) is 0 Å². The molecule has 0 aliphatic carbocycles. The molecule has 22 heavy (non-hydrogen) atoms. The molecule has 0 saturated heterocycles. The van der Waals surface area contributed by atoms with E-state index >= 15 is 0 Å². The van der Waals surface area contributed by atoms with Crippen molar-refractivity contribution in [2.45, 2.75) is 26.7 Å². The van der Waals surface area contributed by atoms with Gasteiger partial charge in [0.15, 0.2) is 6.61 Å². The summed E-state index contributed by atoms with van der Waals surface area (Å²) < 4.78 is 4.69. The molecule has 0 spiro atoms. The number of nitro groups is 1. The minimum atomic E-state index is -0.687. The SMILES string of the molecule is CC(=O)CCC(=O)OCC(=O)Nc1c(C)cccc1[N+](=O)[O-]. The number of ether oxygens (including phenoxy) is 1. The molecular weight excluding hydrogens is 292 g/mol. The first-order valence-corrected chi connectivity index (χ1v) is 6.50. The number of rotatable bonds is 7. The van der Waals surface area contributed by atoms with Crippen molar-refractivity contribution < 1.29 is 24.0 Å². The Hall–Kier alpha value is -2.77. The molecule has 0 aromatic heterocycles. The predicted octanol–water partition coefficient (Wildman–Crippen LogP) is 1.75. The van der Waals surface area contributed by atoms with Gasteiger partial charge in [-0.1, -0.05) is 12.1 Å². The summed E-state index contributed by atoms with van der Waals surface area (Å²) in [6.07, 6.45) is -0.0587. The van der Waals surface area contributed by atoms with Crippen LogP contribution in [0, 0.1) is 17.0 Å². The van der Waals surface area contributed by atoms with E-state index in [0.29, 0.717) is 5.56 Å². The molecular formula is C14H16N2O6. The van der Waals surface area contributed by atoms with Crippen molar-refractivity contribution in [3.63, 3.8) is 0 Å². The molecule has 8 heteroatoms. The van der Waals surface area contributed by atoms with Gasteiger partial charge in [0.2, 0.25) is 0 Å². The second kappa shape index (κ2) is 7.87. The van der Waals surface area contributed by atoms with Crippen molar-refractivity contribution in [1.82, 2.24) is 0 Å². The summed E-state index contributed by atoms with van der Waals surface area (Å²) in [5, 5.41) is 13.3. The van der Waals surface area contributed by atoms with Gasteiger partial charge < -0.3 is 14.8 Å². The zero-order chi connectivity index (χ0) is 16.7.